The molecule has 3 heterocycles. The number of rotatable bonds is 3. The number of carbonyl (C=O) groups excluding carboxylic acids is 2. The van der Waals surface area contributed by atoms with Crippen LogP contribution in [0.3, 0.4) is 0 Å². The van der Waals surface area contributed by atoms with E-state index >= 15 is 0 Å². The fourth-order valence-corrected chi connectivity index (χ4v) is 4.45. The number of thioether (sulfide) groups is 1. The van der Waals surface area contributed by atoms with Crippen molar-refractivity contribution in [3.63, 3.8) is 0 Å². The van der Waals surface area contributed by atoms with E-state index in [4.69, 9.17) is 0 Å². The summed E-state index contributed by atoms with van der Waals surface area (Å²) < 4.78 is 0. The SMILES string of the molecule is O=C(CC1CSCCN1)N1CCN(C(=O)c2cccs2)CC1. The van der Waals surface area contributed by atoms with E-state index in [-0.39, 0.29) is 11.8 Å². The molecule has 22 heavy (non-hydrogen) atoms. The highest BCUT2D eigenvalue weighted by Crippen LogP contribution is 2.15. The lowest BCUT2D eigenvalue weighted by Gasteiger charge is -2.35. The zero-order valence-electron chi connectivity index (χ0n) is 12.5. The number of hydrogen-bond acceptors (Lipinski definition) is 5. The van der Waals surface area contributed by atoms with Crippen molar-refractivity contribution in [1.82, 2.24) is 15.1 Å². The van der Waals surface area contributed by atoms with E-state index in [2.05, 4.69) is 5.32 Å². The molecule has 1 unspecified atom stereocenters. The third kappa shape index (κ3) is 3.83. The van der Waals surface area contributed by atoms with Crippen LogP contribution in [0.25, 0.3) is 0 Å². The molecule has 5 nitrogen and oxygen atoms in total. The van der Waals surface area contributed by atoms with E-state index in [0.29, 0.717) is 38.6 Å². The first kappa shape index (κ1) is 15.8. The highest BCUT2D eigenvalue weighted by Gasteiger charge is 2.27. The van der Waals surface area contributed by atoms with Crippen LogP contribution in [0.2, 0.25) is 0 Å². The van der Waals surface area contributed by atoms with Gasteiger partial charge in [-0.3, -0.25) is 9.59 Å². The highest BCUT2D eigenvalue weighted by atomic mass is 32.2. The Labute approximate surface area is 139 Å². The van der Waals surface area contributed by atoms with Crippen LogP contribution in [-0.4, -0.2) is 71.9 Å². The Morgan fingerprint density at radius 2 is 2.00 bits per heavy atom. The normalized spacial score (nSPS) is 22.6. The molecule has 2 aliphatic heterocycles. The smallest absolute Gasteiger partial charge is 0.264 e. The highest BCUT2D eigenvalue weighted by molar-refractivity contribution is 7.99. The molecule has 1 atom stereocenters. The Morgan fingerprint density at radius 3 is 2.64 bits per heavy atom. The Hall–Kier alpha value is -1.05. The number of piperazine rings is 1. The Balaban J connectivity index is 1.46. The largest absolute Gasteiger partial charge is 0.339 e. The van der Waals surface area contributed by atoms with Crippen molar-refractivity contribution in [2.24, 2.45) is 0 Å². The molecule has 7 heteroatoms. The summed E-state index contributed by atoms with van der Waals surface area (Å²) in [5.41, 5.74) is 0. The summed E-state index contributed by atoms with van der Waals surface area (Å²) in [7, 11) is 0. The van der Waals surface area contributed by atoms with Gasteiger partial charge in [-0.25, -0.2) is 0 Å². The predicted molar refractivity (Wildman–Crippen MR) is 90.5 cm³/mol. The molecule has 120 valence electrons. The minimum absolute atomic E-state index is 0.0902. The molecule has 0 aliphatic carbocycles. The van der Waals surface area contributed by atoms with Crippen molar-refractivity contribution in [1.29, 1.82) is 0 Å². The Morgan fingerprint density at radius 1 is 1.23 bits per heavy atom. The summed E-state index contributed by atoms with van der Waals surface area (Å²) in [6, 6.07) is 4.06. The zero-order chi connectivity index (χ0) is 15.4. The van der Waals surface area contributed by atoms with E-state index in [0.717, 1.165) is 22.9 Å². The predicted octanol–water partition coefficient (Wildman–Crippen LogP) is 1.13. The summed E-state index contributed by atoms with van der Waals surface area (Å²) in [6.07, 6.45) is 0.575. The van der Waals surface area contributed by atoms with Crippen molar-refractivity contribution in [3.05, 3.63) is 22.4 Å². The Kier molecular flexibility index (Phi) is 5.38. The van der Waals surface area contributed by atoms with Crippen molar-refractivity contribution in [2.75, 3.05) is 44.2 Å². The maximum atomic E-state index is 12.3. The van der Waals surface area contributed by atoms with E-state index in [9.17, 15) is 9.59 Å². The van der Waals surface area contributed by atoms with Gasteiger partial charge in [0.25, 0.3) is 5.91 Å². The van der Waals surface area contributed by atoms with Gasteiger partial charge in [-0.1, -0.05) is 6.07 Å². The van der Waals surface area contributed by atoms with Crippen LogP contribution in [0.1, 0.15) is 16.1 Å². The molecule has 0 bridgehead atoms. The van der Waals surface area contributed by atoms with Gasteiger partial charge in [-0.05, 0) is 11.4 Å². The van der Waals surface area contributed by atoms with Gasteiger partial charge in [-0.2, -0.15) is 11.8 Å². The van der Waals surface area contributed by atoms with Crippen LogP contribution in [-0.2, 0) is 4.79 Å². The second-order valence-corrected chi connectivity index (χ2v) is 7.68. The maximum absolute atomic E-state index is 12.3. The standard InChI is InChI=1S/C15H21N3O2S2/c19-14(10-12-11-21-9-3-16-12)17-4-6-18(7-5-17)15(20)13-2-1-8-22-13/h1-2,8,12,16H,3-7,9-11H2. The van der Waals surface area contributed by atoms with Crippen molar-refractivity contribution >= 4 is 34.9 Å². The molecule has 0 aromatic carbocycles. The van der Waals surface area contributed by atoms with Crippen molar-refractivity contribution in [2.45, 2.75) is 12.5 Å². The molecular weight excluding hydrogens is 318 g/mol. The molecule has 2 aliphatic rings. The number of nitrogens with one attached hydrogen (secondary N) is 1. The average molecular weight is 339 g/mol. The molecule has 2 fully saturated rings. The van der Waals surface area contributed by atoms with E-state index in [1.165, 1.54) is 11.3 Å². The topological polar surface area (TPSA) is 52.7 Å². The van der Waals surface area contributed by atoms with Crippen LogP contribution in [0, 0.1) is 0 Å². The minimum atomic E-state index is 0.0902. The summed E-state index contributed by atoms with van der Waals surface area (Å²) in [4.78, 5) is 29.2. The van der Waals surface area contributed by atoms with Crippen LogP contribution >= 0.6 is 23.1 Å². The third-order valence-corrected chi connectivity index (χ3v) is 6.06. The third-order valence-electron chi connectivity index (χ3n) is 4.07. The first-order valence-electron chi connectivity index (χ1n) is 7.66. The first-order chi connectivity index (χ1) is 10.7. The number of nitrogens with zero attached hydrogens (tertiary/aromatic N) is 2. The zero-order valence-corrected chi connectivity index (χ0v) is 14.1. The average Bonchev–Trinajstić information content (AvgIpc) is 3.10. The van der Waals surface area contributed by atoms with Gasteiger partial charge in [0, 0.05) is 56.7 Å². The molecule has 1 N–H and O–H groups in total. The summed E-state index contributed by atoms with van der Waals surface area (Å²) in [5, 5.41) is 5.32. The summed E-state index contributed by atoms with van der Waals surface area (Å²) in [5.74, 6) is 2.45. The molecule has 0 saturated carbocycles. The Bertz CT molecular complexity index is 507. The second-order valence-electron chi connectivity index (χ2n) is 5.58. The monoisotopic (exact) mass is 339 g/mol. The van der Waals surface area contributed by atoms with Crippen LogP contribution in [0.4, 0.5) is 0 Å². The maximum Gasteiger partial charge on any atom is 0.264 e. The van der Waals surface area contributed by atoms with Crippen molar-refractivity contribution in [3.8, 4) is 0 Å². The minimum Gasteiger partial charge on any atom is -0.339 e. The van der Waals surface area contributed by atoms with Crippen LogP contribution < -0.4 is 5.32 Å². The van der Waals surface area contributed by atoms with Gasteiger partial charge >= 0.3 is 0 Å². The van der Waals surface area contributed by atoms with Gasteiger partial charge in [0.05, 0.1) is 4.88 Å². The van der Waals surface area contributed by atoms with Gasteiger partial charge in [-0.15, -0.1) is 11.3 Å². The van der Waals surface area contributed by atoms with E-state index in [1.54, 1.807) is 0 Å². The number of carbonyl (C=O) groups is 2. The molecule has 2 saturated heterocycles. The molecule has 0 spiro atoms. The number of thiophene rings is 1. The molecular formula is C15H21N3O2S2. The molecule has 1 aromatic heterocycles. The fourth-order valence-electron chi connectivity index (χ4n) is 2.81. The fraction of sp³-hybridized carbons (Fsp3) is 0.600. The summed E-state index contributed by atoms with van der Waals surface area (Å²) >= 11 is 3.38. The lowest BCUT2D eigenvalue weighted by molar-refractivity contribution is -0.133. The lowest BCUT2D eigenvalue weighted by atomic mass is 10.2. The first-order valence-corrected chi connectivity index (χ1v) is 9.69. The summed E-state index contributed by atoms with van der Waals surface area (Å²) in [6.45, 7) is 3.56. The van der Waals surface area contributed by atoms with Crippen LogP contribution in [0.15, 0.2) is 17.5 Å². The number of hydrogen-bond donors (Lipinski definition) is 1. The molecule has 0 radical (unpaired) electrons. The van der Waals surface area contributed by atoms with Gasteiger partial charge in [0.2, 0.25) is 5.91 Å². The van der Waals surface area contributed by atoms with Gasteiger partial charge in [0.1, 0.15) is 0 Å². The lowest BCUT2D eigenvalue weighted by Crippen LogP contribution is -2.52. The van der Waals surface area contributed by atoms with E-state index in [1.807, 2.05) is 39.1 Å². The molecule has 1 aromatic rings. The quantitative estimate of drug-likeness (QED) is 0.897. The number of amides is 2. The van der Waals surface area contributed by atoms with Gasteiger partial charge in [0.15, 0.2) is 0 Å². The molecule has 2 amide bonds. The van der Waals surface area contributed by atoms with Crippen LogP contribution in [0.5, 0.6) is 0 Å². The van der Waals surface area contributed by atoms with E-state index < -0.39 is 0 Å². The van der Waals surface area contributed by atoms with Crippen molar-refractivity contribution < 1.29 is 9.59 Å². The second kappa shape index (κ2) is 7.48. The molecule has 3 rings (SSSR count). The van der Waals surface area contributed by atoms with Gasteiger partial charge < -0.3 is 15.1 Å².